The molecule has 1 aromatic heterocycles. The van der Waals surface area contributed by atoms with Gasteiger partial charge in [0.05, 0.1) is 17.1 Å². The summed E-state index contributed by atoms with van der Waals surface area (Å²) in [6, 6.07) is 5.47. The Kier molecular flexibility index (Phi) is 4.19. The van der Waals surface area contributed by atoms with Gasteiger partial charge in [0.1, 0.15) is 11.4 Å². The van der Waals surface area contributed by atoms with Crippen LogP contribution in [0.1, 0.15) is 33.4 Å². The highest BCUT2D eigenvalue weighted by Gasteiger charge is 2.20. The summed E-state index contributed by atoms with van der Waals surface area (Å²) in [4.78, 5) is 12.0. The molecule has 114 valence electrons. The smallest absolute Gasteiger partial charge is 0.418 e. The fraction of sp³-hybridized carbons (Fsp3) is 0.438. The first-order chi connectivity index (χ1) is 9.74. The lowest BCUT2D eigenvalue weighted by atomic mass is 10.2. The molecule has 0 aliphatic carbocycles. The minimum absolute atomic E-state index is 0.330. The number of benzene rings is 1. The van der Waals surface area contributed by atoms with E-state index in [9.17, 15) is 4.79 Å². The van der Waals surface area contributed by atoms with Crippen LogP contribution in [0.2, 0.25) is 5.02 Å². The number of nitrogens with zero attached hydrogens (tertiary/aromatic N) is 1. The van der Waals surface area contributed by atoms with E-state index in [1.807, 2.05) is 39.8 Å². The van der Waals surface area contributed by atoms with Gasteiger partial charge in [-0.25, -0.2) is 9.36 Å². The summed E-state index contributed by atoms with van der Waals surface area (Å²) in [7, 11) is 0. The van der Waals surface area contributed by atoms with Gasteiger partial charge < -0.3 is 9.47 Å². The lowest BCUT2D eigenvalue weighted by Crippen LogP contribution is -2.23. The third-order valence-electron chi connectivity index (χ3n) is 2.93. The van der Waals surface area contributed by atoms with E-state index in [4.69, 9.17) is 21.1 Å². The number of carbonyl (C=O) groups is 1. The first-order valence-corrected chi connectivity index (χ1v) is 7.29. The predicted octanol–water partition coefficient (Wildman–Crippen LogP) is 4.79. The average Bonchev–Trinajstić information content (AvgIpc) is 2.69. The maximum atomic E-state index is 12.0. The maximum absolute atomic E-state index is 12.0. The van der Waals surface area contributed by atoms with E-state index in [2.05, 4.69) is 0 Å². The van der Waals surface area contributed by atoms with E-state index < -0.39 is 6.09 Å². The Morgan fingerprint density at radius 2 is 2.00 bits per heavy atom. The highest BCUT2D eigenvalue weighted by Crippen LogP contribution is 2.36. The number of rotatable bonds is 2. The molecule has 2 rings (SSSR count). The zero-order valence-corrected chi connectivity index (χ0v) is 13.7. The number of hydrogen-bond acceptors (Lipinski definition) is 3. The van der Waals surface area contributed by atoms with Gasteiger partial charge in [0.15, 0.2) is 0 Å². The van der Waals surface area contributed by atoms with E-state index in [1.54, 1.807) is 13.0 Å². The van der Waals surface area contributed by atoms with Crippen LogP contribution in [-0.4, -0.2) is 22.9 Å². The van der Waals surface area contributed by atoms with Crippen LogP contribution in [0.3, 0.4) is 0 Å². The van der Waals surface area contributed by atoms with Gasteiger partial charge >= 0.3 is 6.09 Å². The molecule has 0 N–H and O–H groups in total. The van der Waals surface area contributed by atoms with E-state index in [-0.39, 0.29) is 5.60 Å². The molecule has 21 heavy (non-hydrogen) atoms. The Morgan fingerprint density at radius 3 is 2.57 bits per heavy atom. The molecule has 1 aromatic carbocycles. The maximum Gasteiger partial charge on any atom is 0.418 e. The third-order valence-corrected chi connectivity index (χ3v) is 3.32. The average molecular weight is 310 g/mol. The quantitative estimate of drug-likeness (QED) is 0.801. The first-order valence-electron chi connectivity index (χ1n) is 6.91. The second kappa shape index (κ2) is 5.60. The minimum atomic E-state index is -0.398. The summed E-state index contributed by atoms with van der Waals surface area (Å²) >= 11 is 6.42. The standard InChI is InChI=1S/C16H20ClNO3/c1-6-20-15(19)18-10(2)9-11-12(18)7-8-13(14(11)17)21-16(3,4)5/h7-9H,6H2,1-5H3. The van der Waals surface area contributed by atoms with Crippen molar-refractivity contribution in [2.24, 2.45) is 0 Å². The van der Waals surface area contributed by atoms with E-state index >= 15 is 0 Å². The SMILES string of the molecule is CCOC(=O)n1c(C)cc2c(Cl)c(OC(C)(C)C)ccc21. The molecule has 2 aromatic rings. The summed E-state index contributed by atoms with van der Waals surface area (Å²) in [6.45, 7) is 9.84. The van der Waals surface area contributed by atoms with Gasteiger partial charge in [-0.2, -0.15) is 0 Å². The third kappa shape index (κ3) is 3.16. The summed E-state index contributed by atoms with van der Waals surface area (Å²) in [5.41, 5.74) is 1.16. The van der Waals surface area contributed by atoms with Crippen molar-refractivity contribution in [2.45, 2.75) is 40.2 Å². The summed E-state index contributed by atoms with van der Waals surface area (Å²) in [6.07, 6.45) is -0.398. The molecule has 0 spiro atoms. The fourth-order valence-electron chi connectivity index (χ4n) is 2.20. The summed E-state index contributed by atoms with van der Waals surface area (Å²) in [5, 5.41) is 1.29. The van der Waals surface area contributed by atoms with Crippen molar-refractivity contribution in [3.8, 4) is 5.75 Å². The Hall–Kier alpha value is -1.68. The van der Waals surface area contributed by atoms with Gasteiger partial charge in [-0.3, -0.25) is 0 Å². The molecule has 0 amide bonds. The molecule has 0 bridgehead atoms. The lowest BCUT2D eigenvalue weighted by molar-refractivity contribution is 0.131. The number of carbonyl (C=O) groups excluding carboxylic acids is 1. The second-order valence-corrected chi connectivity index (χ2v) is 6.22. The van der Waals surface area contributed by atoms with Crippen LogP contribution in [0.4, 0.5) is 4.79 Å². The van der Waals surface area contributed by atoms with E-state index in [0.717, 1.165) is 16.6 Å². The number of aromatic nitrogens is 1. The predicted molar refractivity (Wildman–Crippen MR) is 84.5 cm³/mol. The van der Waals surface area contributed by atoms with Crippen LogP contribution in [0.25, 0.3) is 10.9 Å². The van der Waals surface area contributed by atoms with Crippen molar-refractivity contribution in [2.75, 3.05) is 6.61 Å². The van der Waals surface area contributed by atoms with Gasteiger partial charge in [0.25, 0.3) is 0 Å². The van der Waals surface area contributed by atoms with Crippen molar-refractivity contribution in [1.82, 2.24) is 4.57 Å². The summed E-state index contributed by atoms with van der Waals surface area (Å²) in [5.74, 6) is 0.609. The molecule has 0 unspecified atom stereocenters. The monoisotopic (exact) mass is 309 g/mol. The highest BCUT2D eigenvalue weighted by molar-refractivity contribution is 6.37. The van der Waals surface area contributed by atoms with Crippen molar-refractivity contribution in [1.29, 1.82) is 0 Å². The first kappa shape index (κ1) is 15.7. The van der Waals surface area contributed by atoms with E-state index in [0.29, 0.717) is 17.4 Å². The molecule has 0 atom stereocenters. The van der Waals surface area contributed by atoms with Crippen LogP contribution < -0.4 is 4.74 Å². The Bertz CT molecular complexity index is 683. The molecule has 0 aliphatic heterocycles. The van der Waals surface area contributed by atoms with Crippen molar-refractivity contribution < 1.29 is 14.3 Å². The number of halogens is 1. The lowest BCUT2D eigenvalue weighted by Gasteiger charge is -2.22. The Labute approximate surface area is 129 Å². The fourth-order valence-corrected chi connectivity index (χ4v) is 2.45. The van der Waals surface area contributed by atoms with Gasteiger partial charge in [0, 0.05) is 11.1 Å². The van der Waals surface area contributed by atoms with Gasteiger partial charge in [-0.05, 0) is 52.8 Å². The van der Waals surface area contributed by atoms with Gasteiger partial charge in [-0.15, -0.1) is 0 Å². The highest BCUT2D eigenvalue weighted by atomic mass is 35.5. The van der Waals surface area contributed by atoms with Crippen molar-refractivity contribution >= 4 is 28.6 Å². The van der Waals surface area contributed by atoms with Gasteiger partial charge in [0.2, 0.25) is 0 Å². The molecular weight excluding hydrogens is 290 g/mol. The zero-order valence-electron chi connectivity index (χ0n) is 13.0. The molecule has 0 saturated heterocycles. The van der Waals surface area contributed by atoms with Crippen LogP contribution in [0.15, 0.2) is 18.2 Å². The molecule has 1 heterocycles. The van der Waals surface area contributed by atoms with Gasteiger partial charge in [-0.1, -0.05) is 11.6 Å². The second-order valence-electron chi connectivity index (χ2n) is 5.84. The van der Waals surface area contributed by atoms with Crippen LogP contribution in [0.5, 0.6) is 5.75 Å². The number of fused-ring (bicyclic) bond motifs is 1. The number of aryl methyl sites for hydroxylation is 1. The topological polar surface area (TPSA) is 40.5 Å². The summed E-state index contributed by atoms with van der Waals surface area (Å²) < 4.78 is 12.4. The molecule has 4 nitrogen and oxygen atoms in total. The van der Waals surface area contributed by atoms with Crippen molar-refractivity contribution in [3.05, 3.63) is 28.9 Å². The van der Waals surface area contributed by atoms with Crippen LogP contribution in [0, 0.1) is 6.92 Å². The molecule has 0 radical (unpaired) electrons. The number of ether oxygens (including phenoxy) is 2. The Morgan fingerprint density at radius 1 is 1.33 bits per heavy atom. The largest absolute Gasteiger partial charge is 0.487 e. The van der Waals surface area contributed by atoms with Crippen molar-refractivity contribution in [3.63, 3.8) is 0 Å². The minimum Gasteiger partial charge on any atom is -0.487 e. The molecule has 0 saturated carbocycles. The molecular formula is C16H20ClNO3. The van der Waals surface area contributed by atoms with Crippen LogP contribution >= 0.6 is 11.6 Å². The van der Waals surface area contributed by atoms with E-state index in [1.165, 1.54) is 4.57 Å². The zero-order chi connectivity index (χ0) is 15.8. The molecule has 0 fully saturated rings. The van der Waals surface area contributed by atoms with Crippen LogP contribution in [-0.2, 0) is 4.74 Å². The molecule has 5 heteroatoms. The Balaban J connectivity index is 2.56. The normalized spacial score (nSPS) is 11.7. The molecule has 0 aliphatic rings. The number of hydrogen-bond donors (Lipinski definition) is 0.